The van der Waals surface area contributed by atoms with Crippen LogP contribution in [0.15, 0.2) is 30.3 Å². The zero-order valence-corrected chi connectivity index (χ0v) is 13.1. The molecule has 2 aromatic carbocycles. The van der Waals surface area contributed by atoms with E-state index in [2.05, 4.69) is 0 Å². The monoisotopic (exact) mass is 348 g/mol. The van der Waals surface area contributed by atoms with Gasteiger partial charge in [-0.05, 0) is 48.6 Å². The molecule has 0 aliphatic heterocycles. The van der Waals surface area contributed by atoms with Gasteiger partial charge in [-0.15, -0.1) is 0 Å². The van der Waals surface area contributed by atoms with E-state index in [4.69, 9.17) is 23.2 Å². The molecule has 0 saturated heterocycles. The Morgan fingerprint density at radius 3 is 2.27 bits per heavy atom. The van der Waals surface area contributed by atoms with Gasteiger partial charge >= 0.3 is 6.18 Å². The van der Waals surface area contributed by atoms with Gasteiger partial charge in [0.2, 0.25) is 0 Å². The lowest BCUT2D eigenvalue weighted by Crippen LogP contribution is -2.09. The van der Waals surface area contributed by atoms with Crippen LogP contribution in [-0.2, 0) is 19.0 Å². The number of rotatable bonds is 3. The predicted molar refractivity (Wildman–Crippen MR) is 81.7 cm³/mol. The van der Waals surface area contributed by atoms with Crippen molar-refractivity contribution in [2.75, 3.05) is 0 Å². The Hall–Kier alpha value is -1.39. The van der Waals surface area contributed by atoms with E-state index in [0.29, 0.717) is 16.1 Å². The zero-order valence-electron chi connectivity index (χ0n) is 11.6. The smallest absolute Gasteiger partial charge is 0.416 e. The van der Waals surface area contributed by atoms with Gasteiger partial charge < -0.3 is 5.11 Å². The largest absolute Gasteiger partial charge is 0.506 e. The highest BCUT2D eigenvalue weighted by Gasteiger charge is 2.32. The van der Waals surface area contributed by atoms with Crippen LogP contribution >= 0.6 is 23.2 Å². The molecule has 2 aromatic rings. The summed E-state index contributed by atoms with van der Waals surface area (Å²) in [4.78, 5) is 0. The third kappa shape index (κ3) is 3.50. The Morgan fingerprint density at radius 1 is 1.05 bits per heavy atom. The van der Waals surface area contributed by atoms with Crippen molar-refractivity contribution in [2.45, 2.75) is 25.9 Å². The maximum Gasteiger partial charge on any atom is 0.416 e. The summed E-state index contributed by atoms with van der Waals surface area (Å²) < 4.78 is 38.8. The van der Waals surface area contributed by atoms with Crippen molar-refractivity contribution in [3.05, 3.63) is 62.6 Å². The van der Waals surface area contributed by atoms with E-state index in [1.54, 1.807) is 13.0 Å². The first kappa shape index (κ1) is 17.0. The van der Waals surface area contributed by atoms with Gasteiger partial charge in [-0.1, -0.05) is 41.4 Å². The molecule has 1 nitrogen and oxygen atoms in total. The molecular weight excluding hydrogens is 336 g/mol. The van der Waals surface area contributed by atoms with Gasteiger partial charge in [0.25, 0.3) is 0 Å². The number of aromatic hydroxyl groups is 1. The topological polar surface area (TPSA) is 20.2 Å². The number of alkyl halides is 3. The Morgan fingerprint density at radius 2 is 1.64 bits per heavy atom. The highest BCUT2D eigenvalue weighted by molar-refractivity contribution is 6.37. The minimum atomic E-state index is -4.40. The van der Waals surface area contributed by atoms with Crippen molar-refractivity contribution in [3.8, 4) is 5.75 Å². The summed E-state index contributed by atoms with van der Waals surface area (Å²) >= 11 is 12.0. The Kier molecular flexibility index (Phi) is 4.93. The molecule has 0 bridgehead atoms. The second-order valence-electron chi connectivity index (χ2n) is 4.96. The molecule has 0 radical (unpaired) electrons. The summed E-state index contributed by atoms with van der Waals surface area (Å²) in [5.41, 5.74) is 0.471. The molecule has 0 heterocycles. The van der Waals surface area contributed by atoms with Crippen LogP contribution in [0.1, 0.15) is 22.3 Å². The van der Waals surface area contributed by atoms with Crippen molar-refractivity contribution in [3.63, 3.8) is 0 Å². The van der Waals surface area contributed by atoms with Crippen LogP contribution in [0.4, 0.5) is 13.2 Å². The molecule has 2 rings (SSSR count). The minimum absolute atomic E-state index is 0.124. The number of phenolic OH excluding ortho intramolecular Hbond substituents is 1. The summed E-state index contributed by atoms with van der Waals surface area (Å²) in [6.45, 7) is 1.66. The van der Waals surface area contributed by atoms with Crippen molar-refractivity contribution in [1.82, 2.24) is 0 Å². The molecule has 22 heavy (non-hydrogen) atoms. The fourth-order valence-corrected chi connectivity index (χ4v) is 2.73. The molecule has 0 saturated carbocycles. The van der Waals surface area contributed by atoms with Crippen LogP contribution in [-0.4, -0.2) is 5.11 Å². The van der Waals surface area contributed by atoms with Crippen molar-refractivity contribution in [1.29, 1.82) is 0 Å². The van der Waals surface area contributed by atoms with Crippen molar-refractivity contribution >= 4 is 23.2 Å². The number of hydrogen-bond donors (Lipinski definition) is 1. The maximum absolute atomic E-state index is 12.9. The first-order valence-electron chi connectivity index (χ1n) is 6.53. The molecule has 0 aliphatic rings. The predicted octanol–water partition coefficient (Wildman–Crippen LogP) is 5.81. The first-order valence-corrected chi connectivity index (χ1v) is 7.29. The molecule has 0 fully saturated rings. The van der Waals surface area contributed by atoms with E-state index in [9.17, 15) is 18.3 Å². The molecule has 0 unspecified atom stereocenters. The average Bonchev–Trinajstić information content (AvgIpc) is 2.47. The van der Waals surface area contributed by atoms with E-state index < -0.39 is 11.7 Å². The van der Waals surface area contributed by atoms with E-state index in [1.807, 2.05) is 0 Å². The molecule has 6 heteroatoms. The molecule has 118 valence electrons. The summed E-state index contributed by atoms with van der Waals surface area (Å²) in [6, 6.07) is 6.92. The Bertz CT molecular complexity index is 697. The second-order valence-corrected chi connectivity index (χ2v) is 5.75. The third-order valence-corrected chi connectivity index (χ3v) is 4.34. The summed E-state index contributed by atoms with van der Waals surface area (Å²) in [7, 11) is 0. The lowest BCUT2D eigenvalue weighted by atomic mass is 9.98. The lowest BCUT2D eigenvalue weighted by Gasteiger charge is -2.14. The van der Waals surface area contributed by atoms with Gasteiger partial charge in [0.1, 0.15) is 5.75 Å². The third-order valence-electron chi connectivity index (χ3n) is 3.49. The molecule has 1 N–H and O–H groups in total. The second kappa shape index (κ2) is 6.39. The Labute approximate surface area is 136 Å². The summed E-state index contributed by atoms with van der Waals surface area (Å²) in [6.07, 6.45) is -4.07. The SMILES string of the molecule is Cc1c(Cl)cc(CCc2ccccc2C(F)(F)F)c(O)c1Cl. The standard InChI is InChI=1S/C16H13Cl2F3O/c1-9-13(17)8-11(15(22)14(9)18)7-6-10-4-2-3-5-12(10)16(19,20)21/h2-5,8,22H,6-7H2,1H3. The van der Waals surface area contributed by atoms with E-state index in [-0.39, 0.29) is 29.2 Å². The number of halogens is 5. The fourth-order valence-electron chi connectivity index (χ4n) is 2.23. The van der Waals surface area contributed by atoms with Crippen molar-refractivity contribution in [2.24, 2.45) is 0 Å². The molecule has 0 spiro atoms. The van der Waals surface area contributed by atoms with Gasteiger partial charge in [0.05, 0.1) is 10.6 Å². The number of aryl methyl sites for hydroxylation is 2. The first-order chi connectivity index (χ1) is 10.2. The molecule has 0 amide bonds. The molecule has 0 atom stereocenters. The number of phenols is 1. The molecule has 0 aromatic heterocycles. The number of hydrogen-bond acceptors (Lipinski definition) is 1. The van der Waals surface area contributed by atoms with Gasteiger partial charge in [-0.25, -0.2) is 0 Å². The molecule has 0 aliphatic carbocycles. The van der Waals surface area contributed by atoms with E-state index in [1.165, 1.54) is 18.2 Å². The van der Waals surface area contributed by atoms with Gasteiger partial charge in [-0.3, -0.25) is 0 Å². The van der Waals surface area contributed by atoms with Crippen LogP contribution < -0.4 is 0 Å². The maximum atomic E-state index is 12.9. The highest BCUT2D eigenvalue weighted by Crippen LogP contribution is 2.37. The zero-order chi connectivity index (χ0) is 16.5. The van der Waals surface area contributed by atoms with Gasteiger partial charge in [-0.2, -0.15) is 13.2 Å². The van der Waals surface area contributed by atoms with E-state index >= 15 is 0 Å². The van der Waals surface area contributed by atoms with Crippen LogP contribution in [0, 0.1) is 6.92 Å². The average molecular weight is 349 g/mol. The quantitative estimate of drug-likeness (QED) is 0.741. The normalized spacial score (nSPS) is 11.7. The number of benzene rings is 2. The van der Waals surface area contributed by atoms with Crippen LogP contribution in [0.5, 0.6) is 5.75 Å². The van der Waals surface area contributed by atoms with Gasteiger partial charge in [0, 0.05) is 5.02 Å². The highest BCUT2D eigenvalue weighted by atomic mass is 35.5. The lowest BCUT2D eigenvalue weighted by molar-refractivity contribution is -0.138. The molecular formula is C16H13Cl2F3O. The van der Waals surface area contributed by atoms with Crippen LogP contribution in [0.2, 0.25) is 10.0 Å². The van der Waals surface area contributed by atoms with Crippen LogP contribution in [0.3, 0.4) is 0 Å². The summed E-state index contributed by atoms with van der Waals surface area (Å²) in [5, 5.41) is 10.5. The minimum Gasteiger partial charge on any atom is -0.506 e. The fraction of sp³-hybridized carbons (Fsp3) is 0.250. The Balaban J connectivity index is 2.29. The van der Waals surface area contributed by atoms with Crippen molar-refractivity contribution < 1.29 is 18.3 Å². The van der Waals surface area contributed by atoms with E-state index in [0.717, 1.165) is 6.07 Å². The van der Waals surface area contributed by atoms with Crippen LogP contribution in [0.25, 0.3) is 0 Å². The van der Waals surface area contributed by atoms with Gasteiger partial charge in [0.15, 0.2) is 0 Å². The summed E-state index contributed by atoms with van der Waals surface area (Å²) in [5.74, 6) is -0.131.